The number of carbonyl (C=O) groups excluding carboxylic acids is 1. The van der Waals surface area contributed by atoms with Crippen molar-refractivity contribution in [3.8, 4) is 0 Å². The molecule has 2 aromatic carbocycles. The van der Waals surface area contributed by atoms with Crippen molar-refractivity contribution in [2.24, 2.45) is 0 Å². The van der Waals surface area contributed by atoms with E-state index < -0.39 is 0 Å². The van der Waals surface area contributed by atoms with Crippen molar-refractivity contribution in [3.63, 3.8) is 0 Å². The van der Waals surface area contributed by atoms with E-state index in [1.165, 1.54) is 10.8 Å². The van der Waals surface area contributed by atoms with Gasteiger partial charge in [0, 0.05) is 44.5 Å². The van der Waals surface area contributed by atoms with Crippen molar-refractivity contribution in [3.05, 3.63) is 54.2 Å². The highest BCUT2D eigenvalue weighted by Gasteiger charge is 2.11. The molecule has 3 nitrogen and oxygen atoms in total. The Balaban J connectivity index is 2.16. The summed E-state index contributed by atoms with van der Waals surface area (Å²) in [6, 6.07) is 12.4. The van der Waals surface area contributed by atoms with Crippen molar-refractivity contribution in [2.45, 2.75) is 6.92 Å². The van der Waals surface area contributed by atoms with Gasteiger partial charge in [0.25, 0.3) is 0 Å². The fourth-order valence-electron chi connectivity index (χ4n) is 2.93. The minimum absolute atomic E-state index is 0.0513. The number of rotatable bonds is 2. The Kier molecular flexibility index (Phi) is 2.48. The van der Waals surface area contributed by atoms with Gasteiger partial charge in [-0.05, 0) is 37.3 Å². The summed E-state index contributed by atoms with van der Waals surface area (Å²) >= 11 is 0. The number of carbonyl (C=O) groups is 1. The summed E-state index contributed by atoms with van der Waals surface area (Å²) in [5, 5.41) is 3.56. The molecule has 0 atom stereocenters. The van der Waals surface area contributed by atoms with Gasteiger partial charge in [-0.15, -0.1) is 0 Å². The maximum absolute atomic E-state index is 11.2. The van der Waals surface area contributed by atoms with E-state index in [0.717, 1.165) is 27.5 Å². The zero-order valence-corrected chi connectivity index (χ0v) is 11.6. The van der Waals surface area contributed by atoms with Crippen molar-refractivity contribution < 1.29 is 4.79 Å². The molecule has 0 amide bonds. The van der Waals surface area contributed by atoms with Gasteiger partial charge in [-0.3, -0.25) is 4.79 Å². The zero-order chi connectivity index (χ0) is 14.4. The van der Waals surface area contributed by atoms with Gasteiger partial charge in [-0.2, -0.15) is 0 Å². The molecular weight excluding hydrogens is 260 g/mol. The van der Waals surface area contributed by atoms with Gasteiger partial charge < -0.3 is 9.97 Å². The highest BCUT2D eigenvalue weighted by molar-refractivity contribution is 6.21. The number of allylic oxidation sites excluding steroid dienone is 1. The van der Waals surface area contributed by atoms with E-state index in [1.807, 2.05) is 24.4 Å². The van der Waals surface area contributed by atoms with Crippen LogP contribution in [0.5, 0.6) is 0 Å². The average molecular weight is 274 g/mol. The Bertz CT molecular complexity index is 1020. The molecule has 2 aromatic heterocycles. The molecule has 0 aliphatic carbocycles. The summed E-state index contributed by atoms with van der Waals surface area (Å²) in [5.74, 6) is 0.0513. The van der Waals surface area contributed by atoms with E-state index in [4.69, 9.17) is 0 Å². The third-order valence-corrected chi connectivity index (χ3v) is 3.84. The molecule has 0 bridgehead atoms. The van der Waals surface area contributed by atoms with Gasteiger partial charge in [0.05, 0.1) is 0 Å². The largest absolute Gasteiger partial charge is 0.361 e. The molecule has 3 heteroatoms. The van der Waals surface area contributed by atoms with Gasteiger partial charge in [-0.1, -0.05) is 18.2 Å². The van der Waals surface area contributed by atoms with E-state index in [2.05, 4.69) is 34.2 Å². The van der Waals surface area contributed by atoms with Crippen LogP contribution in [0.3, 0.4) is 0 Å². The second-order valence-corrected chi connectivity index (χ2v) is 5.27. The second-order valence-electron chi connectivity index (χ2n) is 5.27. The Morgan fingerprint density at radius 3 is 2.67 bits per heavy atom. The van der Waals surface area contributed by atoms with E-state index in [9.17, 15) is 4.79 Å². The standard InChI is InChI=1S/C18H14N2O/c1-11(21)6-7-12-10-19-15-8-9-16-18(17(12)15)13-4-2-3-5-14(13)20-16/h2-10,19-20H,1H3/b7-6+. The number of nitrogens with one attached hydrogen (secondary N) is 2. The predicted octanol–water partition coefficient (Wildman–Crippen LogP) is 4.40. The summed E-state index contributed by atoms with van der Waals surface area (Å²) in [6.07, 6.45) is 5.43. The molecule has 102 valence electrons. The molecule has 0 fully saturated rings. The monoisotopic (exact) mass is 274 g/mol. The highest BCUT2D eigenvalue weighted by Crippen LogP contribution is 2.34. The predicted molar refractivity (Wildman–Crippen MR) is 87.4 cm³/mol. The first-order valence-corrected chi connectivity index (χ1v) is 6.93. The maximum atomic E-state index is 11.2. The van der Waals surface area contributed by atoms with E-state index in [0.29, 0.717) is 0 Å². The lowest BCUT2D eigenvalue weighted by atomic mass is 10.0. The molecule has 2 heterocycles. The normalized spacial score (nSPS) is 12.0. The van der Waals surface area contributed by atoms with E-state index in [-0.39, 0.29) is 5.78 Å². The summed E-state index contributed by atoms with van der Waals surface area (Å²) in [6.45, 7) is 1.56. The van der Waals surface area contributed by atoms with Crippen molar-refractivity contribution >= 4 is 44.6 Å². The van der Waals surface area contributed by atoms with Crippen LogP contribution in [0, 0.1) is 0 Å². The van der Waals surface area contributed by atoms with Crippen LogP contribution in [0.1, 0.15) is 12.5 Å². The molecule has 4 aromatic rings. The Morgan fingerprint density at radius 1 is 1.00 bits per heavy atom. The number of fused-ring (bicyclic) bond motifs is 5. The molecule has 0 aliphatic heterocycles. The van der Waals surface area contributed by atoms with E-state index >= 15 is 0 Å². The molecule has 0 spiro atoms. The number of ketones is 1. The van der Waals surface area contributed by atoms with Gasteiger partial charge in [0.2, 0.25) is 0 Å². The molecule has 21 heavy (non-hydrogen) atoms. The Labute approximate surface area is 121 Å². The van der Waals surface area contributed by atoms with Crippen LogP contribution in [0.2, 0.25) is 0 Å². The van der Waals surface area contributed by atoms with Crippen LogP contribution in [0.15, 0.2) is 48.7 Å². The van der Waals surface area contributed by atoms with Crippen LogP contribution in [-0.2, 0) is 4.79 Å². The summed E-state index contributed by atoms with van der Waals surface area (Å²) in [7, 11) is 0. The topological polar surface area (TPSA) is 48.6 Å². The minimum atomic E-state index is 0.0513. The van der Waals surface area contributed by atoms with Crippen molar-refractivity contribution in [2.75, 3.05) is 0 Å². The maximum Gasteiger partial charge on any atom is 0.152 e. The molecule has 2 N–H and O–H groups in total. The molecule has 0 saturated heterocycles. The quantitative estimate of drug-likeness (QED) is 0.523. The summed E-state index contributed by atoms with van der Waals surface area (Å²) < 4.78 is 0. The molecule has 0 aliphatic rings. The third kappa shape index (κ3) is 1.78. The minimum Gasteiger partial charge on any atom is -0.361 e. The fourth-order valence-corrected chi connectivity index (χ4v) is 2.93. The van der Waals surface area contributed by atoms with Gasteiger partial charge in [0.1, 0.15) is 0 Å². The number of hydrogen-bond donors (Lipinski definition) is 2. The van der Waals surface area contributed by atoms with Gasteiger partial charge in [0.15, 0.2) is 5.78 Å². The first-order chi connectivity index (χ1) is 10.2. The number of aromatic amines is 2. The third-order valence-electron chi connectivity index (χ3n) is 3.84. The molecule has 4 rings (SSSR count). The SMILES string of the molecule is CC(=O)/C=C/c1c[nH]c2ccc3[nH]c4ccccc4c3c12. The molecule has 0 radical (unpaired) electrons. The number of para-hydroxylation sites is 1. The summed E-state index contributed by atoms with van der Waals surface area (Å²) in [5.41, 5.74) is 4.36. The van der Waals surface area contributed by atoms with Crippen LogP contribution in [-0.4, -0.2) is 15.8 Å². The lowest BCUT2D eigenvalue weighted by Crippen LogP contribution is -1.79. The van der Waals surface area contributed by atoms with Gasteiger partial charge >= 0.3 is 0 Å². The van der Waals surface area contributed by atoms with Crippen LogP contribution in [0.4, 0.5) is 0 Å². The number of H-pyrrole nitrogens is 2. The average Bonchev–Trinajstić information content (AvgIpc) is 3.05. The first-order valence-electron chi connectivity index (χ1n) is 6.93. The smallest absolute Gasteiger partial charge is 0.152 e. The van der Waals surface area contributed by atoms with Crippen LogP contribution in [0.25, 0.3) is 38.8 Å². The van der Waals surface area contributed by atoms with Gasteiger partial charge in [-0.25, -0.2) is 0 Å². The molecular formula is C18H14N2O. The Morgan fingerprint density at radius 2 is 1.81 bits per heavy atom. The lowest BCUT2D eigenvalue weighted by Gasteiger charge is -1.97. The fraction of sp³-hybridized carbons (Fsp3) is 0.0556. The zero-order valence-electron chi connectivity index (χ0n) is 11.6. The molecule has 0 unspecified atom stereocenters. The lowest BCUT2D eigenvalue weighted by molar-refractivity contribution is -0.112. The first kappa shape index (κ1) is 12.0. The summed E-state index contributed by atoms with van der Waals surface area (Å²) in [4.78, 5) is 17.9. The van der Waals surface area contributed by atoms with Crippen LogP contribution >= 0.6 is 0 Å². The second kappa shape index (κ2) is 4.35. The Hall–Kier alpha value is -2.81. The number of hydrogen-bond acceptors (Lipinski definition) is 1. The van der Waals surface area contributed by atoms with Crippen molar-refractivity contribution in [1.29, 1.82) is 0 Å². The number of benzene rings is 2. The van der Waals surface area contributed by atoms with Crippen molar-refractivity contribution in [1.82, 2.24) is 9.97 Å². The highest BCUT2D eigenvalue weighted by atomic mass is 16.1. The molecule has 0 saturated carbocycles. The van der Waals surface area contributed by atoms with Crippen LogP contribution < -0.4 is 0 Å². The number of aromatic nitrogens is 2. The van der Waals surface area contributed by atoms with E-state index in [1.54, 1.807) is 13.0 Å².